The average Bonchev–Trinajstić information content (AvgIpc) is 2.47. The van der Waals surface area contributed by atoms with E-state index >= 15 is 0 Å². The van der Waals surface area contributed by atoms with Crippen LogP contribution in [0.25, 0.3) is 0 Å². The lowest BCUT2D eigenvalue weighted by molar-refractivity contribution is 0.102. The van der Waals surface area contributed by atoms with Gasteiger partial charge in [0.25, 0.3) is 5.91 Å². The smallest absolute Gasteiger partial charge is 0.257 e. The summed E-state index contributed by atoms with van der Waals surface area (Å²) in [4.78, 5) is 12.3. The van der Waals surface area contributed by atoms with Crippen molar-refractivity contribution < 1.29 is 17.9 Å². The highest BCUT2D eigenvalue weighted by Gasteiger charge is 2.13. The van der Waals surface area contributed by atoms with Crippen molar-refractivity contribution in [1.82, 2.24) is 0 Å². The summed E-state index contributed by atoms with van der Waals surface area (Å²) < 4.78 is 30.1. The molecule has 0 aliphatic rings. The quantitative estimate of drug-likeness (QED) is 0.818. The van der Waals surface area contributed by atoms with Crippen molar-refractivity contribution in [3.63, 3.8) is 0 Å². The first-order valence-electron chi connectivity index (χ1n) is 6.62. The molecule has 0 aliphatic heterocycles. The Morgan fingerprint density at radius 1 is 1.12 bits per heavy atom. The molecule has 0 radical (unpaired) electrons. The summed E-state index contributed by atoms with van der Waals surface area (Å²) in [6.07, 6.45) is 1.03. The highest BCUT2D eigenvalue weighted by molar-refractivity contribution is 7.92. The zero-order valence-electron chi connectivity index (χ0n) is 12.8. The summed E-state index contributed by atoms with van der Waals surface area (Å²) in [5.41, 5.74) is 0.947. The molecule has 2 N–H and O–H groups in total. The molecule has 0 heterocycles. The number of methoxy groups -OCH3 is 1. The minimum atomic E-state index is -3.45. The average molecular weight is 389 g/mol. The number of benzene rings is 2. The van der Waals surface area contributed by atoms with Gasteiger partial charge in [-0.1, -0.05) is 23.2 Å². The van der Waals surface area contributed by atoms with E-state index in [4.69, 9.17) is 27.9 Å². The van der Waals surface area contributed by atoms with E-state index in [0.29, 0.717) is 10.7 Å². The second-order valence-electron chi connectivity index (χ2n) is 4.87. The normalized spacial score (nSPS) is 11.0. The van der Waals surface area contributed by atoms with Crippen molar-refractivity contribution in [2.75, 3.05) is 23.4 Å². The first-order valence-corrected chi connectivity index (χ1v) is 9.26. The van der Waals surface area contributed by atoms with Crippen LogP contribution >= 0.6 is 23.2 Å². The van der Waals surface area contributed by atoms with Crippen LogP contribution in [-0.4, -0.2) is 27.7 Å². The summed E-state index contributed by atoms with van der Waals surface area (Å²) in [7, 11) is -2.05. The van der Waals surface area contributed by atoms with Gasteiger partial charge in [-0.3, -0.25) is 9.52 Å². The second kappa shape index (κ2) is 7.29. The molecule has 0 aromatic heterocycles. The zero-order chi connectivity index (χ0) is 17.9. The maximum atomic E-state index is 12.3. The SMILES string of the molecule is COc1cc(NC(=O)c2ccc(Cl)cc2Cl)ccc1NS(C)(=O)=O. The third-order valence-corrected chi connectivity index (χ3v) is 4.07. The molecular weight excluding hydrogens is 375 g/mol. The number of carbonyl (C=O) groups is 1. The Hall–Kier alpha value is -1.96. The summed E-state index contributed by atoms with van der Waals surface area (Å²) in [6.45, 7) is 0. The molecule has 0 fully saturated rings. The molecule has 2 aromatic carbocycles. The second-order valence-corrected chi connectivity index (χ2v) is 7.46. The molecule has 0 atom stereocenters. The van der Waals surface area contributed by atoms with Crippen LogP contribution in [0.1, 0.15) is 10.4 Å². The van der Waals surface area contributed by atoms with Gasteiger partial charge in [-0.15, -0.1) is 0 Å². The van der Waals surface area contributed by atoms with Crippen molar-refractivity contribution >= 4 is 50.5 Å². The van der Waals surface area contributed by atoms with Gasteiger partial charge in [0.15, 0.2) is 0 Å². The molecule has 9 heteroatoms. The van der Waals surface area contributed by atoms with Crippen LogP contribution in [0, 0.1) is 0 Å². The van der Waals surface area contributed by atoms with Crippen LogP contribution in [-0.2, 0) is 10.0 Å². The van der Waals surface area contributed by atoms with Crippen molar-refractivity contribution in [1.29, 1.82) is 0 Å². The highest BCUT2D eigenvalue weighted by Crippen LogP contribution is 2.29. The summed E-state index contributed by atoms with van der Waals surface area (Å²) in [6, 6.07) is 9.06. The number of ether oxygens (including phenoxy) is 1. The van der Waals surface area contributed by atoms with Crippen molar-refractivity contribution in [3.8, 4) is 5.75 Å². The molecule has 2 rings (SSSR count). The number of hydrogen-bond acceptors (Lipinski definition) is 4. The first kappa shape index (κ1) is 18.4. The van der Waals surface area contributed by atoms with E-state index in [0.717, 1.165) is 6.26 Å². The molecule has 1 amide bonds. The van der Waals surface area contributed by atoms with Gasteiger partial charge < -0.3 is 10.1 Å². The molecule has 0 spiro atoms. The maximum absolute atomic E-state index is 12.3. The first-order chi connectivity index (χ1) is 11.2. The van der Waals surface area contributed by atoms with Crippen molar-refractivity contribution in [2.45, 2.75) is 0 Å². The summed E-state index contributed by atoms with van der Waals surface area (Å²) >= 11 is 11.8. The van der Waals surface area contributed by atoms with Gasteiger partial charge in [-0.05, 0) is 30.3 Å². The predicted molar refractivity (Wildman–Crippen MR) is 95.9 cm³/mol. The van der Waals surface area contributed by atoms with E-state index in [1.807, 2.05) is 0 Å². The number of amides is 1. The van der Waals surface area contributed by atoms with Crippen LogP contribution in [0.15, 0.2) is 36.4 Å². The third kappa shape index (κ3) is 4.77. The van der Waals surface area contributed by atoms with Crippen LogP contribution in [0.3, 0.4) is 0 Å². The van der Waals surface area contributed by atoms with Gasteiger partial charge in [0.05, 0.1) is 29.6 Å². The van der Waals surface area contributed by atoms with E-state index in [1.165, 1.54) is 37.4 Å². The van der Waals surface area contributed by atoms with E-state index in [9.17, 15) is 13.2 Å². The highest BCUT2D eigenvalue weighted by atomic mass is 35.5. The molecule has 128 valence electrons. The van der Waals surface area contributed by atoms with Crippen LogP contribution in [0.2, 0.25) is 10.0 Å². The van der Waals surface area contributed by atoms with E-state index in [1.54, 1.807) is 6.07 Å². The minimum absolute atomic E-state index is 0.224. The molecule has 6 nitrogen and oxygen atoms in total. The third-order valence-electron chi connectivity index (χ3n) is 2.93. The number of rotatable bonds is 5. The number of sulfonamides is 1. The molecule has 24 heavy (non-hydrogen) atoms. The Kier molecular flexibility index (Phi) is 5.58. The zero-order valence-corrected chi connectivity index (χ0v) is 15.1. The fraction of sp³-hybridized carbons (Fsp3) is 0.133. The van der Waals surface area contributed by atoms with Crippen molar-refractivity contribution in [3.05, 3.63) is 52.0 Å². The van der Waals surface area contributed by atoms with E-state index in [2.05, 4.69) is 10.0 Å². The molecular formula is C15H14Cl2N2O4S. The predicted octanol–water partition coefficient (Wildman–Crippen LogP) is 3.63. The Labute approximate surface area is 149 Å². The number of carbonyl (C=O) groups excluding carboxylic acids is 1. The molecule has 0 saturated carbocycles. The standard InChI is InChI=1S/C15H14Cl2N2O4S/c1-23-14-8-10(4-6-13(14)19-24(2,21)22)18-15(20)11-5-3-9(16)7-12(11)17/h3-8,19H,1-2H3,(H,18,20). The fourth-order valence-corrected chi connectivity index (χ4v) is 2.99. The number of anilines is 2. The maximum Gasteiger partial charge on any atom is 0.257 e. The molecule has 0 aliphatic carbocycles. The van der Waals surface area contributed by atoms with Crippen LogP contribution in [0.4, 0.5) is 11.4 Å². The topological polar surface area (TPSA) is 84.5 Å². The Balaban J connectivity index is 2.25. The van der Waals surface area contributed by atoms with E-state index in [-0.39, 0.29) is 22.0 Å². The number of hydrogen-bond donors (Lipinski definition) is 2. The van der Waals surface area contributed by atoms with Crippen LogP contribution < -0.4 is 14.8 Å². The lowest BCUT2D eigenvalue weighted by Gasteiger charge is -2.12. The monoisotopic (exact) mass is 388 g/mol. The lowest BCUT2D eigenvalue weighted by atomic mass is 10.2. The van der Waals surface area contributed by atoms with Gasteiger partial charge >= 0.3 is 0 Å². The van der Waals surface area contributed by atoms with Crippen molar-refractivity contribution in [2.24, 2.45) is 0 Å². The Morgan fingerprint density at radius 3 is 2.42 bits per heavy atom. The fourth-order valence-electron chi connectivity index (χ4n) is 1.93. The van der Waals surface area contributed by atoms with Gasteiger partial charge in [0.2, 0.25) is 10.0 Å². The molecule has 0 bridgehead atoms. The summed E-state index contributed by atoms with van der Waals surface area (Å²) in [5.74, 6) is -0.164. The Bertz CT molecular complexity index is 885. The lowest BCUT2D eigenvalue weighted by Crippen LogP contribution is -2.13. The summed E-state index contributed by atoms with van der Waals surface area (Å²) in [5, 5.41) is 3.31. The number of nitrogens with one attached hydrogen (secondary N) is 2. The molecule has 2 aromatic rings. The van der Waals surface area contributed by atoms with Crippen LogP contribution in [0.5, 0.6) is 5.75 Å². The van der Waals surface area contributed by atoms with E-state index < -0.39 is 15.9 Å². The van der Waals surface area contributed by atoms with Gasteiger partial charge in [-0.25, -0.2) is 8.42 Å². The van der Waals surface area contributed by atoms with Gasteiger partial charge in [0, 0.05) is 16.8 Å². The Morgan fingerprint density at radius 2 is 1.83 bits per heavy atom. The molecule has 0 unspecified atom stereocenters. The largest absolute Gasteiger partial charge is 0.494 e. The number of halogens is 2. The van der Waals surface area contributed by atoms with Gasteiger partial charge in [0.1, 0.15) is 5.75 Å². The minimum Gasteiger partial charge on any atom is -0.494 e. The molecule has 0 saturated heterocycles. The van der Waals surface area contributed by atoms with Gasteiger partial charge in [-0.2, -0.15) is 0 Å².